The van der Waals surface area contributed by atoms with Gasteiger partial charge in [-0.2, -0.15) is 0 Å². The van der Waals surface area contributed by atoms with Gasteiger partial charge in [0, 0.05) is 47.4 Å². The van der Waals surface area contributed by atoms with E-state index in [1.54, 1.807) is 18.0 Å². The van der Waals surface area contributed by atoms with E-state index < -0.39 is 12.3 Å². The Bertz CT molecular complexity index is 1510. The molecular weight excluding hydrogens is 459 g/mol. The summed E-state index contributed by atoms with van der Waals surface area (Å²) < 4.78 is 20.9. The zero-order valence-corrected chi connectivity index (χ0v) is 20.0. The van der Waals surface area contributed by atoms with E-state index in [-0.39, 0.29) is 0 Å². The minimum atomic E-state index is -0.839. The summed E-state index contributed by atoms with van der Waals surface area (Å²) in [5.41, 5.74) is 4.41. The lowest BCUT2D eigenvalue weighted by Crippen LogP contribution is -2.33. The number of ether oxygens (including phenoxy) is 1. The van der Waals surface area contributed by atoms with Gasteiger partial charge in [0.2, 0.25) is 0 Å². The summed E-state index contributed by atoms with van der Waals surface area (Å²) in [6, 6.07) is 26.8. The van der Waals surface area contributed by atoms with Crippen LogP contribution in [0.15, 0.2) is 94.9 Å². The molecule has 6 rings (SSSR count). The SMILES string of the molecule is OC1(c2cccc(Sc3ccc4c(-c5ccccc5)cc5nc(CF)cn5c4c3)c2)CCOCC1. The van der Waals surface area contributed by atoms with Crippen LogP contribution >= 0.6 is 11.8 Å². The van der Waals surface area contributed by atoms with E-state index in [0.717, 1.165) is 43.0 Å². The molecule has 176 valence electrons. The van der Waals surface area contributed by atoms with Crippen LogP contribution < -0.4 is 0 Å². The van der Waals surface area contributed by atoms with Gasteiger partial charge in [0.25, 0.3) is 0 Å². The van der Waals surface area contributed by atoms with Crippen LogP contribution in [-0.2, 0) is 17.0 Å². The van der Waals surface area contributed by atoms with Crippen LogP contribution in [0.1, 0.15) is 24.1 Å². The van der Waals surface area contributed by atoms with E-state index in [4.69, 9.17) is 4.74 Å². The molecule has 5 aromatic rings. The van der Waals surface area contributed by atoms with Crippen molar-refractivity contribution >= 4 is 28.3 Å². The highest BCUT2D eigenvalue weighted by Gasteiger charge is 2.31. The van der Waals surface area contributed by atoms with Gasteiger partial charge in [0.05, 0.1) is 16.8 Å². The number of fused-ring (bicyclic) bond motifs is 3. The van der Waals surface area contributed by atoms with Crippen molar-refractivity contribution in [2.24, 2.45) is 0 Å². The molecule has 0 saturated carbocycles. The maximum absolute atomic E-state index is 13.5. The molecule has 6 heteroatoms. The molecule has 3 heterocycles. The summed E-state index contributed by atoms with van der Waals surface area (Å²) in [5, 5.41) is 12.2. The Morgan fingerprint density at radius 2 is 1.74 bits per heavy atom. The number of halogens is 1. The fourth-order valence-electron chi connectivity index (χ4n) is 4.85. The lowest BCUT2D eigenvalue weighted by molar-refractivity contribution is -0.0680. The minimum absolute atomic E-state index is 0.423. The highest BCUT2D eigenvalue weighted by molar-refractivity contribution is 7.99. The third-order valence-electron chi connectivity index (χ3n) is 6.72. The molecule has 1 aliphatic heterocycles. The summed E-state index contributed by atoms with van der Waals surface area (Å²) in [7, 11) is 0. The van der Waals surface area contributed by atoms with Crippen LogP contribution in [0, 0.1) is 0 Å². The first-order valence-corrected chi connectivity index (χ1v) is 12.6. The van der Waals surface area contributed by atoms with Crippen LogP contribution in [0.4, 0.5) is 4.39 Å². The van der Waals surface area contributed by atoms with Crippen molar-refractivity contribution in [1.82, 2.24) is 9.38 Å². The Morgan fingerprint density at radius 3 is 2.54 bits per heavy atom. The van der Waals surface area contributed by atoms with Crippen LogP contribution in [0.5, 0.6) is 0 Å². The van der Waals surface area contributed by atoms with Crippen molar-refractivity contribution in [2.45, 2.75) is 34.9 Å². The Balaban J connectivity index is 1.43. The zero-order chi connectivity index (χ0) is 23.8. The third-order valence-corrected chi connectivity index (χ3v) is 7.70. The van der Waals surface area contributed by atoms with E-state index in [1.807, 2.05) is 40.8 Å². The topological polar surface area (TPSA) is 46.8 Å². The number of nitrogens with zero attached hydrogens (tertiary/aromatic N) is 2. The summed E-state index contributed by atoms with van der Waals surface area (Å²) in [5.74, 6) is 0. The molecule has 0 spiro atoms. The molecule has 0 aliphatic carbocycles. The number of pyridine rings is 1. The molecule has 0 radical (unpaired) electrons. The molecule has 1 N–H and O–H groups in total. The summed E-state index contributed by atoms with van der Waals surface area (Å²) in [4.78, 5) is 6.62. The predicted octanol–water partition coefficient (Wildman–Crippen LogP) is 6.77. The lowest BCUT2D eigenvalue weighted by atomic mass is 9.87. The van der Waals surface area contributed by atoms with Crippen LogP contribution in [-0.4, -0.2) is 27.7 Å². The molecule has 0 unspecified atom stereocenters. The lowest BCUT2D eigenvalue weighted by Gasteiger charge is -2.32. The number of hydrogen-bond acceptors (Lipinski definition) is 4. The summed E-state index contributed by atoms with van der Waals surface area (Å²) in [6.07, 6.45) is 2.99. The van der Waals surface area contributed by atoms with Gasteiger partial charge < -0.3 is 9.84 Å². The van der Waals surface area contributed by atoms with Gasteiger partial charge in [-0.15, -0.1) is 0 Å². The molecule has 0 amide bonds. The number of alkyl halides is 1. The van der Waals surface area contributed by atoms with E-state index in [9.17, 15) is 9.50 Å². The van der Waals surface area contributed by atoms with Crippen molar-refractivity contribution in [3.63, 3.8) is 0 Å². The molecule has 2 aromatic heterocycles. The van der Waals surface area contributed by atoms with Gasteiger partial charge in [-0.25, -0.2) is 9.37 Å². The van der Waals surface area contributed by atoms with Gasteiger partial charge in [-0.05, 0) is 47.0 Å². The van der Waals surface area contributed by atoms with Gasteiger partial charge in [0.1, 0.15) is 12.3 Å². The van der Waals surface area contributed by atoms with Gasteiger partial charge in [-0.1, -0.05) is 60.3 Å². The monoisotopic (exact) mass is 484 g/mol. The minimum Gasteiger partial charge on any atom is -0.385 e. The Hall–Kier alpha value is -3.19. The largest absolute Gasteiger partial charge is 0.385 e. The second-order valence-corrected chi connectivity index (χ2v) is 10.1. The highest BCUT2D eigenvalue weighted by atomic mass is 32.2. The molecule has 4 nitrogen and oxygen atoms in total. The maximum Gasteiger partial charge on any atom is 0.138 e. The van der Waals surface area contributed by atoms with Gasteiger partial charge in [-0.3, -0.25) is 4.40 Å². The standard InChI is InChI=1S/C29H25FN2O2S/c30-18-22-19-32-27-16-24(35-23-8-4-7-21(15-23)29(33)11-13-34-14-12-29)9-10-25(27)26(17-28(32)31-22)20-5-2-1-3-6-20/h1-10,15-17,19,33H,11-14,18H2. The molecule has 0 bridgehead atoms. The number of benzene rings is 3. The predicted molar refractivity (Wildman–Crippen MR) is 137 cm³/mol. The first kappa shape index (κ1) is 22.3. The van der Waals surface area contributed by atoms with Crippen molar-refractivity contribution in [1.29, 1.82) is 0 Å². The third kappa shape index (κ3) is 4.22. The number of imidazole rings is 1. The van der Waals surface area contributed by atoms with Crippen LogP contribution in [0.3, 0.4) is 0 Å². The van der Waals surface area contributed by atoms with E-state index >= 15 is 0 Å². The number of aromatic nitrogens is 2. The molecule has 1 saturated heterocycles. The Labute approximate surface area is 207 Å². The van der Waals surface area contributed by atoms with Crippen LogP contribution in [0.2, 0.25) is 0 Å². The average molecular weight is 485 g/mol. The Kier molecular flexibility index (Phi) is 5.80. The number of hydrogen-bond donors (Lipinski definition) is 1. The van der Waals surface area contributed by atoms with E-state index in [1.165, 1.54) is 0 Å². The zero-order valence-electron chi connectivity index (χ0n) is 19.2. The fraction of sp³-hybridized carbons (Fsp3) is 0.207. The van der Waals surface area contributed by atoms with Crippen molar-refractivity contribution in [3.05, 3.63) is 96.3 Å². The Morgan fingerprint density at radius 1 is 0.943 bits per heavy atom. The molecule has 3 aromatic carbocycles. The van der Waals surface area contributed by atoms with E-state index in [2.05, 4.69) is 47.4 Å². The first-order chi connectivity index (χ1) is 17.1. The highest BCUT2D eigenvalue weighted by Crippen LogP contribution is 2.38. The first-order valence-electron chi connectivity index (χ1n) is 11.8. The second-order valence-electron chi connectivity index (χ2n) is 8.97. The second kappa shape index (κ2) is 9.11. The molecule has 0 atom stereocenters. The molecule has 1 fully saturated rings. The smallest absolute Gasteiger partial charge is 0.138 e. The van der Waals surface area contributed by atoms with Crippen molar-refractivity contribution < 1.29 is 14.2 Å². The van der Waals surface area contributed by atoms with E-state index in [0.29, 0.717) is 31.7 Å². The summed E-state index contributed by atoms with van der Waals surface area (Å²) >= 11 is 1.65. The molecule has 35 heavy (non-hydrogen) atoms. The number of aliphatic hydroxyl groups is 1. The average Bonchev–Trinajstić information content (AvgIpc) is 3.33. The fourth-order valence-corrected chi connectivity index (χ4v) is 5.76. The normalized spacial score (nSPS) is 15.6. The quantitative estimate of drug-likeness (QED) is 0.299. The van der Waals surface area contributed by atoms with Gasteiger partial charge in [0.15, 0.2) is 0 Å². The molecular formula is C29H25FN2O2S. The van der Waals surface area contributed by atoms with Crippen LogP contribution in [0.25, 0.3) is 27.7 Å². The molecule has 1 aliphatic rings. The van der Waals surface area contributed by atoms with Gasteiger partial charge >= 0.3 is 0 Å². The number of rotatable bonds is 5. The maximum atomic E-state index is 13.5. The summed E-state index contributed by atoms with van der Waals surface area (Å²) in [6.45, 7) is 0.549. The van der Waals surface area contributed by atoms with Crippen molar-refractivity contribution in [3.8, 4) is 11.1 Å². The van der Waals surface area contributed by atoms with Crippen molar-refractivity contribution in [2.75, 3.05) is 13.2 Å².